The highest BCUT2D eigenvalue weighted by molar-refractivity contribution is 6.30. The Morgan fingerprint density at radius 1 is 0.333 bits per heavy atom. The lowest BCUT2D eigenvalue weighted by molar-refractivity contribution is 0.668. The van der Waals surface area contributed by atoms with Crippen molar-refractivity contribution in [3.63, 3.8) is 0 Å². The lowest BCUT2D eigenvalue weighted by Crippen LogP contribution is -2.04. The van der Waals surface area contributed by atoms with E-state index >= 15 is 0 Å². The first-order valence-corrected chi connectivity index (χ1v) is 20.3. The SMILES string of the molecule is c1ccc(-c2cccc(-c3nc(-c4ccccc4)nc(-c4cc5c(cc4-n4c6cccc7c6c6c8c(cccc8ccc64)-c4ccccc4-7)oc4ccccc45)n3)c2)cc1. The molecule has 0 unspecified atom stereocenters. The van der Waals surface area contributed by atoms with Gasteiger partial charge in [-0.15, -0.1) is 0 Å². The van der Waals surface area contributed by atoms with Gasteiger partial charge < -0.3 is 8.98 Å². The molecule has 12 aromatic rings. The molecule has 0 amide bonds. The predicted octanol–water partition coefficient (Wildman–Crippen LogP) is 14.3. The van der Waals surface area contributed by atoms with Crippen LogP contribution in [0.25, 0.3) is 128 Å². The summed E-state index contributed by atoms with van der Waals surface area (Å²) in [6.45, 7) is 0. The summed E-state index contributed by atoms with van der Waals surface area (Å²) in [4.78, 5) is 15.9. The first-order valence-electron chi connectivity index (χ1n) is 20.3. The van der Waals surface area contributed by atoms with Gasteiger partial charge in [-0.3, -0.25) is 0 Å². The summed E-state index contributed by atoms with van der Waals surface area (Å²) in [6, 6.07) is 68.5. The maximum Gasteiger partial charge on any atom is 0.166 e. The molecule has 0 saturated carbocycles. The maximum atomic E-state index is 6.65. The Balaban J connectivity index is 1.15. The monoisotopic (exact) mass is 764 g/mol. The third-order valence-corrected chi connectivity index (χ3v) is 12.2. The third kappa shape index (κ3) is 4.84. The number of nitrogens with zero attached hydrogens (tertiary/aromatic N) is 4. The van der Waals surface area contributed by atoms with Gasteiger partial charge in [-0.1, -0.05) is 158 Å². The van der Waals surface area contributed by atoms with Gasteiger partial charge in [0.1, 0.15) is 11.2 Å². The van der Waals surface area contributed by atoms with Crippen LogP contribution in [0.3, 0.4) is 0 Å². The second-order valence-electron chi connectivity index (χ2n) is 15.5. The van der Waals surface area contributed by atoms with E-state index in [2.05, 4.69) is 162 Å². The van der Waals surface area contributed by atoms with E-state index in [0.29, 0.717) is 17.5 Å². The summed E-state index contributed by atoms with van der Waals surface area (Å²) in [5.41, 5.74) is 14.6. The fourth-order valence-electron chi connectivity index (χ4n) is 9.52. The van der Waals surface area contributed by atoms with Crippen molar-refractivity contribution in [1.29, 1.82) is 0 Å². The van der Waals surface area contributed by atoms with E-state index in [9.17, 15) is 0 Å². The Labute approximate surface area is 344 Å². The molecule has 3 aromatic heterocycles. The number of rotatable bonds is 5. The number of para-hydroxylation sites is 1. The van der Waals surface area contributed by atoms with Gasteiger partial charge in [0.25, 0.3) is 0 Å². The van der Waals surface area contributed by atoms with E-state index < -0.39 is 0 Å². The lowest BCUT2D eigenvalue weighted by Gasteiger charge is -2.16. The third-order valence-electron chi connectivity index (χ3n) is 12.2. The summed E-state index contributed by atoms with van der Waals surface area (Å²) in [7, 11) is 0. The van der Waals surface area contributed by atoms with E-state index in [1.54, 1.807) is 0 Å². The zero-order valence-electron chi connectivity index (χ0n) is 32.2. The van der Waals surface area contributed by atoms with Crippen molar-refractivity contribution >= 4 is 54.5 Å². The van der Waals surface area contributed by atoms with Crippen LogP contribution in [0.1, 0.15) is 0 Å². The second kappa shape index (κ2) is 12.7. The van der Waals surface area contributed by atoms with Crippen molar-refractivity contribution in [2.24, 2.45) is 0 Å². The Morgan fingerprint density at radius 3 is 1.75 bits per heavy atom. The molecular formula is C55H32N4O. The summed E-state index contributed by atoms with van der Waals surface area (Å²) in [5.74, 6) is 1.79. The first-order chi connectivity index (χ1) is 29.7. The van der Waals surface area contributed by atoms with Gasteiger partial charge in [-0.25, -0.2) is 15.0 Å². The van der Waals surface area contributed by atoms with Crippen LogP contribution >= 0.6 is 0 Å². The van der Waals surface area contributed by atoms with Gasteiger partial charge in [0.2, 0.25) is 0 Å². The molecule has 278 valence electrons. The standard InChI is InChI=1S/C55H32N4O/c1-3-14-33(15-4-1)36-19-11-20-37(30-36)54-56-53(35-16-5-2-6-17-35)57-55(58-54)44-31-43-40-23-9-10-27-48(40)60-49(43)32-47(44)59-45-26-13-25-42-39-22-8-7-21-38(39)41-24-12-18-34-28-29-46(59)52(50(34)41)51(42)45/h1-32H. The van der Waals surface area contributed by atoms with E-state index in [4.69, 9.17) is 19.4 Å². The fraction of sp³-hybridized carbons (Fsp3) is 0. The van der Waals surface area contributed by atoms with Crippen LogP contribution in [0.4, 0.5) is 0 Å². The molecule has 60 heavy (non-hydrogen) atoms. The van der Waals surface area contributed by atoms with E-state index in [0.717, 1.165) is 66.5 Å². The van der Waals surface area contributed by atoms with E-state index in [1.807, 2.05) is 36.4 Å². The molecule has 0 radical (unpaired) electrons. The Morgan fingerprint density at radius 2 is 0.933 bits per heavy atom. The molecule has 3 heterocycles. The molecule has 1 aliphatic carbocycles. The Kier molecular flexibility index (Phi) is 6.95. The summed E-state index contributed by atoms with van der Waals surface area (Å²) in [6.07, 6.45) is 0. The molecule has 1 aliphatic rings. The highest BCUT2D eigenvalue weighted by Gasteiger charge is 2.27. The number of hydrogen-bond donors (Lipinski definition) is 0. The highest BCUT2D eigenvalue weighted by Crippen LogP contribution is 2.50. The zero-order valence-corrected chi connectivity index (χ0v) is 32.2. The molecule has 0 N–H and O–H groups in total. The molecule has 9 aromatic carbocycles. The van der Waals surface area contributed by atoms with Crippen LogP contribution in [-0.2, 0) is 0 Å². The van der Waals surface area contributed by atoms with Gasteiger partial charge in [0, 0.05) is 44.3 Å². The van der Waals surface area contributed by atoms with Gasteiger partial charge in [-0.05, 0) is 74.5 Å². The number of aromatic nitrogens is 4. The van der Waals surface area contributed by atoms with Crippen LogP contribution in [0.5, 0.6) is 0 Å². The molecule has 0 fully saturated rings. The molecule has 5 nitrogen and oxygen atoms in total. The highest BCUT2D eigenvalue weighted by atomic mass is 16.3. The second-order valence-corrected chi connectivity index (χ2v) is 15.5. The fourth-order valence-corrected chi connectivity index (χ4v) is 9.52. The topological polar surface area (TPSA) is 56.7 Å². The van der Waals surface area contributed by atoms with Crippen molar-refractivity contribution < 1.29 is 4.42 Å². The maximum absolute atomic E-state index is 6.65. The molecular weight excluding hydrogens is 733 g/mol. The lowest BCUT2D eigenvalue weighted by atomic mass is 9.93. The van der Waals surface area contributed by atoms with Crippen molar-refractivity contribution in [2.45, 2.75) is 0 Å². The number of hydrogen-bond acceptors (Lipinski definition) is 4. The van der Waals surface area contributed by atoms with Crippen LogP contribution < -0.4 is 0 Å². The quantitative estimate of drug-likeness (QED) is 0.175. The van der Waals surface area contributed by atoms with Crippen LogP contribution in [-0.4, -0.2) is 19.5 Å². The van der Waals surface area contributed by atoms with Crippen LogP contribution in [0.2, 0.25) is 0 Å². The van der Waals surface area contributed by atoms with Crippen LogP contribution in [0, 0.1) is 0 Å². The summed E-state index contributed by atoms with van der Waals surface area (Å²) in [5, 5.41) is 6.98. The normalized spacial score (nSPS) is 12.0. The molecule has 0 atom stereocenters. The minimum absolute atomic E-state index is 0.580. The van der Waals surface area contributed by atoms with E-state index in [-0.39, 0.29) is 0 Å². The molecule has 13 rings (SSSR count). The van der Waals surface area contributed by atoms with E-state index in [1.165, 1.54) is 43.8 Å². The van der Waals surface area contributed by atoms with Gasteiger partial charge in [0.05, 0.1) is 16.7 Å². The Bertz CT molecular complexity index is 3710. The smallest absolute Gasteiger partial charge is 0.166 e. The Hall–Kier alpha value is -8.15. The summed E-state index contributed by atoms with van der Waals surface area (Å²) < 4.78 is 9.06. The average Bonchev–Trinajstić information content (AvgIpc) is 3.82. The predicted molar refractivity (Wildman–Crippen MR) is 245 cm³/mol. The van der Waals surface area contributed by atoms with Gasteiger partial charge in [-0.2, -0.15) is 0 Å². The zero-order chi connectivity index (χ0) is 39.3. The van der Waals surface area contributed by atoms with Crippen molar-refractivity contribution in [1.82, 2.24) is 19.5 Å². The molecule has 5 heteroatoms. The van der Waals surface area contributed by atoms with Crippen LogP contribution in [0.15, 0.2) is 199 Å². The van der Waals surface area contributed by atoms with Gasteiger partial charge in [0.15, 0.2) is 17.5 Å². The first kappa shape index (κ1) is 32.9. The van der Waals surface area contributed by atoms with Crippen molar-refractivity contribution in [2.75, 3.05) is 0 Å². The summed E-state index contributed by atoms with van der Waals surface area (Å²) >= 11 is 0. The molecule has 0 bridgehead atoms. The number of furan rings is 1. The molecule has 0 aliphatic heterocycles. The molecule has 0 saturated heterocycles. The van der Waals surface area contributed by atoms with Gasteiger partial charge >= 0.3 is 0 Å². The minimum atomic E-state index is 0.580. The van der Waals surface area contributed by atoms with Crippen molar-refractivity contribution in [3.8, 4) is 73.2 Å². The number of fused-ring (bicyclic) bond motifs is 6. The largest absolute Gasteiger partial charge is 0.456 e. The average molecular weight is 765 g/mol. The minimum Gasteiger partial charge on any atom is -0.456 e. The molecule has 0 spiro atoms. The van der Waals surface area contributed by atoms with Crippen molar-refractivity contribution in [3.05, 3.63) is 194 Å². The number of benzene rings is 9.